The minimum Gasteiger partial charge on any atom is -0.399 e. The van der Waals surface area contributed by atoms with Gasteiger partial charge in [-0.2, -0.15) is 0 Å². The summed E-state index contributed by atoms with van der Waals surface area (Å²) in [5, 5.41) is 10.4. The third-order valence-electron chi connectivity index (χ3n) is 5.24. The van der Waals surface area contributed by atoms with E-state index in [4.69, 9.17) is 20.9 Å². The lowest BCUT2D eigenvalue weighted by molar-refractivity contribution is 0.00578. The smallest absolute Gasteiger partial charge is 0.399 e. The van der Waals surface area contributed by atoms with Crippen LogP contribution in [0.15, 0.2) is 47.4 Å². The number of hydrogen-bond donors (Lipinski definition) is 1. The number of aromatic nitrogens is 1. The third-order valence-corrected chi connectivity index (χ3v) is 5.47. The highest BCUT2D eigenvalue weighted by Crippen LogP contribution is 2.36. The molecule has 2 aromatic rings. The molecule has 1 atom stereocenters. The van der Waals surface area contributed by atoms with E-state index < -0.39 is 24.4 Å². The van der Waals surface area contributed by atoms with Gasteiger partial charge >= 0.3 is 7.12 Å². The second-order valence-electron chi connectivity index (χ2n) is 7.55. The van der Waals surface area contributed by atoms with E-state index in [2.05, 4.69) is 0 Å². The maximum Gasteiger partial charge on any atom is 0.495 e. The fourth-order valence-electron chi connectivity index (χ4n) is 2.96. The first-order valence-corrected chi connectivity index (χ1v) is 8.96. The Labute approximate surface area is 158 Å². The van der Waals surface area contributed by atoms with Gasteiger partial charge in [0.2, 0.25) is 0 Å². The molecule has 0 bridgehead atoms. The number of nitrogens with zero attached hydrogens (tertiary/aromatic N) is 1. The monoisotopic (exact) mass is 375 g/mol. The molecule has 0 radical (unpaired) electrons. The zero-order valence-electron chi connectivity index (χ0n) is 15.4. The predicted octanol–water partition coefficient (Wildman–Crippen LogP) is 2.38. The molecule has 26 heavy (non-hydrogen) atoms. The summed E-state index contributed by atoms with van der Waals surface area (Å²) < 4.78 is 13.5. The van der Waals surface area contributed by atoms with Crippen molar-refractivity contribution in [2.45, 2.75) is 44.9 Å². The van der Waals surface area contributed by atoms with Crippen LogP contribution in [0.5, 0.6) is 0 Å². The van der Waals surface area contributed by atoms with Crippen LogP contribution in [0.3, 0.4) is 0 Å². The van der Waals surface area contributed by atoms with E-state index in [0.29, 0.717) is 10.5 Å². The van der Waals surface area contributed by atoms with Gasteiger partial charge in [-0.15, -0.1) is 0 Å². The molecule has 0 aliphatic carbocycles. The summed E-state index contributed by atoms with van der Waals surface area (Å²) in [5.41, 5.74) is 0.247. The van der Waals surface area contributed by atoms with Gasteiger partial charge in [0.05, 0.1) is 23.9 Å². The molecule has 3 rings (SSSR count). The maximum absolute atomic E-state index is 12.7. The first-order chi connectivity index (χ1) is 12.1. The van der Waals surface area contributed by atoms with Crippen LogP contribution in [0, 0.1) is 0 Å². The number of rotatable bonds is 4. The molecular formula is C19H23BClNO4. The molecule has 0 saturated carbocycles. The molecule has 1 aromatic heterocycles. The van der Waals surface area contributed by atoms with Gasteiger partial charge in [0.25, 0.3) is 5.56 Å². The van der Waals surface area contributed by atoms with Crippen LogP contribution in [0.2, 0.25) is 5.02 Å². The highest BCUT2D eigenvalue weighted by atomic mass is 35.5. The van der Waals surface area contributed by atoms with Crippen molar-refractivity contribution in [2.75, 3.05) is 6.61 Å². The Balaban J connectivity index is 1.92. The lowest BCUT2D eigenvalue weighted by Crippen LogP contribution is -2.41. The minimum atomic E-state index is -0.596. The van der Waals surface area contributed by atoms with Crippen LogP contribution in [-0.2, 0) is 9.31 Å². The summed E-state index contributed by atoms with van der Waals surface area (Å²) in [6.45, 7) is 7.66. The summed E-state index contributed by atoms with van der Waals surface area (Å²) in [7, 11) is -0.596. The summed E-state index contributed by atoms with van der Waals surface area (Å²) >= 11 is 6.04. The summed E-state index contributed by atoms with van der Waals surface area (Å²) in [6.07, 6.45) is 1.66. The topological polar surface area (TPSA) is 60.7 Å². The SMILES string of the molecule is CC1(C)OB(c2ccn(C(CO)c3cccc(Cl)c3)c(=O)c2)OC1(C)C. The number of aliphatic hydroxyl groups is 1. The summed E-state index contributed by atoms with van der Waals surface area (Å²) in [6, 6.07) is 9.91. The van der Waals surface area contributed by atoms with Gasteiger partial charge in [-0.25, -0.2) is 0 Å². The zero-order chi connectivity index (χ0) is 19.1. The molecule has 1 N–H and O–H groups in total. The van der Waals surface area contributed by atoms with Crippen molar-refractivity contribution >= 4 is 24.2 Å². The zero-order valence-corrected chi connectivity index (χ0v) is 16.2. The largest absolute Gasteiger partial charge is 0.495 e. The Kier molecular flexibility index (Phi) is 5.05. The van der Waals surface area contributed by atoms with Gasteiger partial charge in [0.1, 0.15) is 0 Å². The normalized spacial score (nSPS) is 19.5. The quantitative estimate of drug-likeness (QED) is 0.834. The average Bonchev–Trinajstić information content (AvgIpc) is 2.78. The molecular weight excluding hydrogens is 352 g/mol. The van der Waals surface area contributed by atoms with Crippen LogP contribution >= 0.6 is 11.6 Å². The van der Waals surface area contributed by atoms with E-state index in [1.807, 2.05) is 33.8 Å². The van der Waals surface area contributed by atoms with Gasteiger partial charge in [0.15, 0.2) is 0 Å². The Hall–Kier alpha value is -1.60. The average molecular weight is 376 g/mol. The van der Waals surface area contributed by atoms with Crippen LogP contribution < -0.4 is 11.0 Å². The first kappa shape index (κ1) is 19.2. The molecule has 0 amide bonds. The van der Waals surface area contributed by atoms with Gasteiger partial charge in [-0.3, -0.25) is 4.79 Å². The van der Waals surface area contributed by atoms with Gasteiger partial charge in [-0.1, -0.05) is 23.7 Å². The van der Waals surface area contributed by atoms with Crippen molar-refractivity contribution in [3.8, 4) is 0 Å². The van der Waals surface area contributed by atoms with Crippen LogP contribution in [0.25, 0.3) is 0 Å². The standard InChI is InChI=1S/C19H23BClNO4/c1-18(2)19(3,4)26-20(25-18)14-8-9-22(17(24)11-14)16(12-23)13-6-5-7-15(21)10-13/h5-11,16,23H,12H2,1-4H3. The van der Waals surface area contributed by atoms with Crippen molar-refractivity contribution in [1.29, 1.82) is 0 Å². The van der Waals surface area contributed by atoms with Crippen molar-refractivity contribution < 1.29 is 14.4 Å². The Morgan fingerprint density at radius 3 is 2.35 bits per heavy atom. The molecule has 5 nitrogen and oxygen atoms in total. The minimum absolute atomic E-state index is 0.212. The van der Waals surface area contributed by atoms with E-state index >= 15 is 0 Å². The molecule has 2 heterocycles. The number of aliphatic hydroxyl groups excluding tert-OH is 1. The van der Waals surface area contributed by atoms with Crippen LogP contribution in [-0.4, -0.2) is 34.6 Å². The third kappa shape index (κ3) is 3.47. The number of halogens is 1. The Morgan fingerprint density at radius 1 is 1.15 bits per heavy atom. The fraction of sp³-hybridized carbons (Fsp3) is 0.421. The molecule has 7 heteroatoms. The molecule has 1 aliphatic heterocycles. The lowest BCUT2D eigenvalue weighted by atomic mass is 9.80. The highest BCUT2D eigenvalue weighted by molar-refractivity contribution is 6.62. The predicted molar refractivity (Wildman–Crippen MR) is 103 cm³/mol. The first-order valence-electron chi connectivity index (χ1n) is 8.59. The number of hydrogen-bond acceptors (Lipinski definition) is 4. The van der Waals surface area contributed by atoms with E-state index in [9.17, 15) is 9.90 Å². The van der Waals surface area contributed by atoms with E-state index in [0.717, 1.165) is 5.56 Å². The lowest BCUT2D eigenvalue weighted by Gasteiger charge is -2.32. The molecule has 1 fully saturated rings. The van der Waals surface area contributed by atoms with Gasteiger partial charge < -0.3 is 19.0 Å². The molecule has 1 saturated heterocycles. The molecule has 1 unspecified atom stereocenters. The van der Waals surface area contributed by atoms with Crippen molar-refractivity contribution in [1.82, 2.24) is 4.57 Å². The van der Waals surface area contributed by atoms with Crippen molar-refractivity contribution in [3.05, 3.63) is 63.5 Å². The fourth-order valence-corrected chi connectivity index (χ4v) is 3.15. The van der Waals surface area contributed by atoms with Crippen LogP contribution in [0.1, 0.15) is 39.3 Å². The Bertz CT molecular complexity index is 849. The summed E-state index contributed by atoms with van der Waals surface area (Å²) in [4.78, 5) is 12.7. The number of pyridine rings is 1. The molecule has 138 valence electrons. The van der Waals surface area contributed by atoms with Gasteiger partial charge in [0, 0.05) is 17.3 Å². The maximum atomic E-state index is 12.7. The van der Waals surface area contributed by atoms with Crippen molar-refractivity contribution in [3.63, 3.8) is 0 Å². The second kappa shape index (κ2) is 6.85. The second-order valence-corrected chi connectivity index (χ2v) is 7.98. The summed E-state index contributed by atoms with van der Waals surface area (Å²) in [5.74, 6) is 0. The van der Waals surface area contributed by atoms with E-state index in [1.54, 1.807) is 30.5 Å². The molecule has 1 aliphatic rings. The van der Waals surface area contributed by atoms with Gasteiger partial charge in [-0.05, 0) is 56.9 Å². The van der Waals surface area contributed by atoms with E-state index in [-0.39, 0.29) is 12.2 Å². The van der Waals surface area contributed by atoms with E-state index in [1.165, 1.54) is 10.6 Å². The molecule has 1 aromatic carbocycles. The van der Waals surface area contributed by atoms with Crippen LogP contribution in [0.4, 0.5) is 0 Å². The van der Waals surface area contributed by atoms with Crippen molar-refractivity contribution in [2.24, 2.45) is 0 Å². The highest BCUT2D eigenvalue weighted by Gasteiger charge is 2.51. The Morgan fingerprint density at radius 2 is 1.81 bits per heavy atom. The number of benzene rings is 1. The molecule has 0 spiro atoms.